The second-order valence-corrected chi connectivity index (χ2v) is 9.42. The summed E-state index contributed by atoms with van der Waals surface area (Å²) in [5.41, 5.74) is 0.0985. The summed E-state index contributed by atoms with van der Waals surface area (Å²) in [6.07, 6.45) is 5.27. The first kappa shape index (κ1) is 20.4. The maximum absolute atomic E-state index is 12.7. The highest BCUT2D eigenvalue weighted by Crippen LogP contribution is 2.43. The van der Waals surface area contributed by atoms with Crippen molar-refractivity contribution in [1.82, 2.24) is 9.80 Å². The fourth-order valence-corrected chi connectivity index (χ4v) is 6.30. The molecule has 2 N–H and O–H groups in total. The number of ether oxygens (including phenoxy) is 2. The summed E-state index contributed by atoms with van der Waals surface area (Å²) in [5.74, 6) is 0.0596. The van der Waals surface area contributed by atoms with Crippen LogP contribution in [0.4, 0.5) is 0 Å². The molecule has 4 saturated heterocycles. The number of rotatable bonds is 3. The van der Waals surface area contributed by atoms with Gasteiger partial charge in [0.15, 0.2) is 11.5 Å². The molecule has 2 bridgehead atoms. The zero-order valence-electron chi connectivity index (χ0n) is 17.8. The molecule has 8 heteroatoms. The minimum absolute atomic E-state index is 0.0653. The molecule has 168 valence electrons. The van der Waals surface area contributed by atoms with Crippen molar-refractivity contribution in [2.75, 3.05) is 26.7 Å². The van der Waals surface area contributed by atoms with E-state index in [-0.39, 0.29) is 28.9 Å². The van der Waals surface area contributed by atoms with Crippen LogP contribution < -0.4 is 4.74 Å². The largest absolute Gasteiger partial charge is 0.504 e. The van der Waals surface area contributed by atoms with Gasteiger partial charge in [-0.1, -0.05) is 0 Å². The molecule has 5 atom stereocenters. The number of phenols is 2. The van der Waals surface area contributed by atoms with Gasteiger partial charge in [-0.2, -0.15) is 0 Å². The molecule has 5 rings (SSSR count). The molecule has 0 spiro atoms. The average Bonchev–Trinajstić information content (AvgIpc) is 2.75. The van der Waals surface area contributed by atoms with Crippen LogP contribution in [0, 0.1) is 11.8 Å². The van der Waals surface area contributed by atoms with Crippen molar-refractivity contribution < 1.29 is 29.3 Å². The number of carbonyl (C=O) groups is 2. The van der Waals surface area contributed by atoms with E-state index in [1.807, 2.05) is 0 Å². The Balaban J connectivity index is 1.26. The molecule has 0 radical (unpaired) electrons. The SMILES string of the molecule is COc1c(O)cc(C(=O)OC2CCN3CC4CC(CN5C(=O)CCCC45)C3C2)cc1O. The van der Waals surface area contributed by atoms with Gasteiger partial charge in [-0.25, -0.2) is 4.79 Å². The molecule has 31 heavy (non-hydrogen) atoms. The lowest BCUT2D eigenvalue weighted by molar-refractivity contribution is -0.150. The van der Waals surface area contributed by atoms with Gasteiger partial charge in [0.25, 0.3) is 0 Å². The van der Waals surface area contributed by atoms with E-state index in [0.29, 0.717) is 36.2 Å². The Morgan fingerprint density at radius 2 is 1.81 bits per heavy atom. The number of methoxy groups -OCH3 is 1. The third-order valence-corrected chi connectivity index (χ3v) is 7.68. The summed E-state index contributed by atoms with van der Waals surface area (Å²) in [6.45, 7) is 2.73. The molecule has 8 nitrogen and oxygen atoms in total. The highest BCUT2D eigenvalue weighted by atomic mass is 16.5. The number of hydrogen-bond acceptors (Lipinski definition) is 7. The fraction of sp³-hybridized carbons (Fsp3) is 0.652. The van der Waals surface area contributed by atoms with Crippen LogP contribution in [0.1, 0.15) is 48.9 Å². The topological polar surface area (TPSA) is 99.5 Å². The number of amides is 1. The van der Waals surface area contributed by atoms with E-state index >= 15 is 0 Å². The first-order valence-electron chi connectivity index (χ1n) is 11.3. The van der Waals surface area contributed by atoms with E-state index in [2.05, 4.69) is 9.80 Å². The van der Waals surface area contributed by atoms with Crippen LogP contribution in [0.25, 0.3) is 0 Å². The molecule has 1 aromatic carbocycles. The third kappa shape index (κ3) is 3.60. The molecule has 4 heterocycles. The van der Waals surface area contributed by atoms with Crippen molar-refractivity contribution in [1.29, 1.82) is 0 Å². The highest BCUT2D eigenvalue weighted by molar-refractivity contribution is 5.91. The molecule has 5 unspecified atom stereocenters. The van der Waals surface area contributed by atoms with Crippen LogP contribution in [-0.4, -0.2) is 76.8 Å². The van der Waals surface area contributed by atoms with Crippen molar-refractivity contribution in [3.05, 3.63) is 17.7 Å². The Morgan fingerprint density at radius 3 is 2.55 bits per heavy atom. The van der Waals surface area contributed by atoms with Gasteiger partial charge in [-0.15, -0.1) is 0 Å². The summed E-state index contributed by atoms with van der Waals surface area (Å²) < 4.78 is 10.7. The maximum atomic E-state index is 12.7. The summed E-state index contributed by atoms with van der Waals surface area (Å²) in [4.78, 5) is 29.8. The van der Waals surface area contributed by atoms with E-state index in [4.69, 9.17) is 9.47 Å². The molecule has 4 aliphatic heterocycles. The second kappa shape index (κ2) is 7.89. The summed E-state index contributed by atoms with van der Waals surface area (Å²) >= 11 is 0. The molecule has 4 aliphatic rings. The number of benzene rings is 1. The average molecular weight is 431 g/mol. The quantitative estimate of drug-likeness (QED) is 0.709. The highest BCUT2D eigenvalue weighted by Gasteiger charge is 2.49. The van der Waals surface area contributed by atoms with Crippen molar-refractivity contribution >= 4 is 11.9 Å². The Kier molecular flexibility index (Phi) is 5.20. The lowest BCUT2D eigenvalue weighted by atomic mass is 9.70. The molecule has 4 fully saturated rings. The number of piperidine rings is 4. The van der Waals surface area contributed by atoms with E-state index < -0.39 is 5.97 Å². The Bertz CT molecular complexity index is 866. The van der Waals surface area contributed by atoms with Gasteiger partial charge in [-0.05, 0) is 49.7 Å². The number of hydrogen-bond donors (Lipinski definition) is 2. The van der Waals surface area contributed by atoms with Crippen LogP contribution >= 0.6 is 0 Å². The molecular formula is C23H30N2O6. The van der Waals surface area contributed by atoms with Gasteiger partial charge in [0.1, 0.15) is 6.10 Å². The molecule has 1 amide bonds. The van der Waals surface area contributed by atoms with Crippen LogP contribution in [0.15, 0.2) is 12.1 Å². The molecular weight excluding hydrogens is 400 g/mol. The summed E-state index contributed by atoms with van der Waals surface area (Å²) in [6, 6.07) is 3.23. The van der Waals surface area contributed by atoms with E-state index in [1.165, 1.54) is 19.2 Å². The van der Waals surface area contributed by atoms with Gasteiger partial charge < -0.3 is 24.6 Å². The smallest absolute Gasteiger partial charge is 0.338 e. The minimum atomic E-state index is -0.560. The monoisotopic (exact) mass is 430 g/mol. The molecule has 0 saturated carbocycles. The lowest BCUT2D eigenvalue weighted by Gasteiger charge is -2.57. The van der Waals surface area contributed by atoms with Gasteiger partial charge in [0.05, 0.1) is 12.7 Å². The predicted octanol–water partition coefficient (Wildman–Crippen LogP) is 2.13. The fourth-order valence-electron chi connectivity index (χ4n) is 6.30. The summed E-state index contributed by atoms with van der Waals surface area (Å²) in [5, 5.41) is 19.9. The zero-order chi connectivity index (χ0) is 21.7. The number of fused-ring (bicyclic) bond motifs is 6. The van der Waals surface area contributed by atoms with Crippen molar-refractivity contribution in [3.63, 3.8) is 0 Å². The number of nitrogens with zero attached hydrogens (tertiary/aromatic N) is 2. The molecule has 0 aliphatic carbocycles. The summed E-state index contributed by atoms with van der Waals surface area (Å²) in [7, 11) is 1.33. The van der Waals surface area contributed by atoms with Crippen molar-refractivity contribution in [2.24, 2.45) is 11.8 Å². The van der Waals surface area contributed by atoms with Crippen molar-refractivity contribution in [2.45, 2.75) is 56.7 Å². The maximum Gasteiger partial charge on any atom is 0.338 e. The van der Waals surface area contributed by atoms with E-state index in [1.54, 1.807) is 0 Å². The van der Waals surface area contributed by atoms with E-state index in [9.17, 15) is 19.8 Å². The zero-order valence-corrected chi connectivity index (χ0v) is 17.8. The first-order chi connectivity index (χ1) is 14.9. The first-order valence-corrected chi connectivity index (χ1v) is 11.3. The second-order valence-electron chi connectivity index (χ2n) is 9.42. The van der Waals surface area contributed by atoms with Gasteiger partial charge in [0.2, 0.25) is 11.7 Å². The Hall–Kier alpha value is -2.48. The van der Waals surface area contributed by atoms with Crippen molar-refractivity contribution in [3.8, 4) is 17.2 Å². The molecule has 0 aromatic heterocycles. The molecule has 1 aromatic rings. The number of aromatic hydroxyl groups is 2. The minimum Gasteiger partial charge on any atom is -0.504 e. The Morgan fingerprint density at radius 1 is 1.06 bits per heavy atom. The van der Waals surface area contributed by atoms with Crippen LogP contribution in [0.3, 0.4) is 0 Å². The third-order valence-electron chi connectivity index (χ3n) is 7.68. The number of esters is 1. The predicted molar refractivity (Wildman–Crippen MR) is 111 cm³/mol. The van der Waals surface area contributed by atoms with Gasteiger partial charge in [-0.3, -0.25) is 9.69 Å². The normalized spacial score (nSPS) is 32.7. The van der Waals surface area contributed by atoms with Crippen LogP contribution in [0.2, 0.25) is 0 Å². The van der Waals surface area contributed by atoms with E-state index in [0.717, 1.165) is 51.7 Å². The number of carbonyl (C=O) groups excluding carboxylic acids is 2. The standard InChI is InChI=1S/C23H30N2O6/c1-30-22-19(26)8-13(9-20(22)27)23(29)31-16-5-6-24-11-14-7-15(18(24)10-16)12-25-17(14)3-2-4-21(25)28/h8-9,14-18,26-27H,2-7,10-12H2,1H3. The van der Waals surface area contributed by atoms with Crippen LogP contribution in [0.5, 0.6) is 17.2 Å². The van der Waals surface area contributed by atoms with Crippen LogP contribution in [-0.2, 0) is 9.53 Å². The van der Waals surface area contributed by atoms with Gasteiger partial charge in [0, 0.05) is 44.6 Å². The lowest BCUT2D eigenvalue weighted by Crippen LogP contribution is -2.65. The number of phenolic OH excluding ortho intramolecular Hbond substituents is 2. The Labute approximate surface area is 181 Å². The van der Waals surface area contributed by atoms with Gasteiger partial charge >= 0.3 is 5.97 Å².